The predicted molar refractivity (Wildman–Crippen MR) is 91.2 cm³/mol. The first-order valence-corrected chi connectivity index (χ1v) is 9.45. The van der Waals surface area contributed by atoms with Gasteiger partial charge in [-0.3, -0.25) is 8.98 Å². The molecule has 8 nitrogen and oxygen atoms in total. The van der Waals surface area contributed by atoms with Gasteiger partial charge in [-0.1, -0.05) is 0 Å². The summed E-state index contributed by atoms with van der Waals surface area (Å²) in [6, 6.07) is 4.63. The van der Waals surface area contributed by atoms with Crippen molar-refractivity contribution < 1.29 is 20.1 Å². The molecule has 1 saturated carbocycles. The molecule has 0 atom stereocenters. The summed E-state index contributed by atoms with van der Waals surface area (Å²) in [6.07, 6.45) is 5.44. The van der Waals surface area contributed by atoms with Crippen LogP contribution in [0.25, 0.3) is 0 Å². The zero-order valence-electron chi connectivity index (χ0n) is 15.3. The van der Waals surface area contributed by atoms with E-state index in [9.17, 15) is 13.2 Å². The Balaban J connectivity index is 1.92. The van der Waals surface area contributed by atoms with Gasteiger partial charge in [0.1, 0.15) is 5.82 Å². The van der Waals surface area contributed by atoms with Crippen LogP contribution in [-0.2, 0) is 20.9 Å². The highest BCUT2D eigenvalue weighted by Crippen LogP contribution is 2.43. The molecule has 3 heterocycles. The van der Waals surface area contributed by atoms with Crippen molar-refractivity contribution in [3.05, 3.63) is 41.7 Å². The SMILES string of the molecule is [2H]C([2H])(OS(C)(=O)=O)c1ccnc2c1NC(=O)c1cccnc1N2C1CC1. The molecule has 0 bridgehead atoms. The molecular weight excluding hydrogens is 344 g/mol. The van der Waals surface area contributed by atoms with Crippen molar-refractivity contribution in [2.45, 2.75) is 25.4 Å². The van der Waals surface area contributed by atoms with E-state index in [1.807, 2.05) is 0 Å². The summed E-state index contributed by atoms with van der Waals surface area (Å²) < 4.78 is 43.8. The first kappa shape index (κ1) is 13.7. The third-order valence-electron chi connectivity index (χ3n) is 3.87. The fourth-order valence-corrected chi connectivity index (χ4v) is 2.93. The number of aromatic nitrogens is 2. The molecule has 0 aromatic carbocycles. The number of hydrogen-bond donors (Lipinski definition) is 1. The van der Waals surface area contributed by atoms with Crippen molar-refractivity contribution in [3.8, 4) is 0 Å². The molecule has 0 spiro atoms. The Morgan fingerprint density at radius 1 is 1.32 bits per heavy atom. The van der Waals surface area contributed by atoms with Gasteiger partial charge >= 0.3 is 0 Å². The molecule has 1 amide bonds. The predicted octanol–water partition coefficient (Wildman–Crippen LogP) is 1.82. The van der Waals surface area contributed by atoms with Crippen LogP contribution in [-0.4, -0.2) is 36.6 Å². The van der Waals surface area contributed by atoms with Gasteiger partial charge in [-0.25, -0.2) is 9.97 Å². The normalized spacial score (nSPS) is 18.4. The number of amides is 1. The van der Waals surface area contributed by atoms with Crippen molar-refractivity contribution in [2.75, 3.05) is 16.5 Å². The molecule has 0 unspecified atom stereocenters. The van der Waals surface area contributed by atoms with E-state index < -0.39 is 22.6 Å². The number of nitrogens with zero attached hydrogens (tertiary/aromatic N) is 3. The van der Waals surface area contributed by atoms with Crippen LogP contribution < -0.4 is 10.2 Å². The molecule has 1 aliphatic carbocycles. The molecular formula is C16H16N4O4S. The third-order valence-corrected chi connectivity index (χ3v) is 4.26. The lowest BCUT2D eigenvalue weighted by Crippen LogP contribution is -2.22. The summed E-state index contributed by atoms with van der Waals surface area (Å²) in [4.78, 5) is 23.2. The van der Waals surface area contributed by atoms with Crippen molar-refractivity contribution in [3.63, 3.8) is 0 Å². The molecule has 9 heteroatoms. The summed E-state index contributed by atoms with van der Waals surface area (Å²) in [5.41, 5.74) is 0.267. The van der Waals surface area contributed by atoms with Crippen LogP contribution >= 0.6 is 0 Å². The minimum atomic E-state index is -4.08. The van der Waals surface area contributed by atoms with E-state index in [1.165, 1.54) is 12.3 Å². The number of fused-ring (bicyclic) bond motifs is 2. The molecule has 2 aliphatic rings. The standard InChI is InChI=1S/C16H16N4O4S/c1-25(22,23)24-9-10-6-8-18-15-13(10)19-16(21)12-3-2-7-17-14(12)20(15)11-4-5-11/h2-3,6-8,11H,4-5,9H2,1H3,(H,19,21)/i9D2. The Bertz CT molecular complexity index is 1040. The Labute approximate surface area is 147 Å². The highest BCUT2D eigenvalue weighted by atomic mass is 32.2. The summed E-state index contributed by atoms with van der Waals surface area (Å²) in [5.74, 6) is 0.263. The Morgan fingerprint density at radius 2 is 2.08 bits per heavy atom. The third kappa shape index (κ3) is 3.08. The van der Waals surface area contributed by atoms with Crippen LogP contribution in [0.3, 0.4) is 0 Å². The van der Waals surface area contributed by atoms with Crippen LogP contribution in [0.15, 0.2) is 30.6 Å². The van der Waals surface area contributed by atoms with Gasteiger partial charge in [0.05, 0.1) is 26.8 Å². The molecule has 130 valence electrons. The molecule has 2 aromatic heterocycles. The first-order valence-electron chi connectivity index (χ1n) is 8.63. The molecule has 1 N–H and O–H groups in total. The maximum atomic E-state index is 12.7. The molecule has 4 rings (SSSR count). The largest absolute Gasteiger partial charge is 0.318 e. The fourth-order valence-electron chi connectivity index (χ4n) is 2.69. The average molecular weight is 362 g/mol. The van der Waals surface area contributed by atoms with Crippen molar-refractivity contribution in [1.82, 2.24) is 9.97 Å². The quantitative estimate of drug-likeness (QED) is 0.828. The van der Waals surface area contributed by atoms with Crippen molar-refractivity contribution in [1.29, 1.82) is 0 Å². The van der Waals surface area contributed by atoms with E-state index in [0.717, 1.165) is 19.1 Å². The number of carbonyl (C=O) groups is 1. The van der Waals surface area contributed by atoms with E-state index in [4.69, 9.17) is 2.74 Å². The molecule has 0 radical (unpaired) electrons. The highest BCUT2D eigenvalue weighted by Gasteiger charge is 2.38. The zero-order chi connectivity index (χ0) is 19.4. The van der Waals surface area contributed by atoms with Gasteiger partial charge in [-0.2, -0.15) is 8.42 Å². The van der Waals surface area contributed by atoms with Crippen molar-refractivity contribution >= 4 is 33.3 Å². The van der Waals surface area contributed by atoms with E-state index in [2.05, 4.69) is 19.5 Å². The Kier molecular flexibility index (Phi) is 3.18. The van der Waals surface area contributed by atoms with Crippen LogP contribution in [0.4, 0.5) is 17.3 Å². The number of carbonyl (C=O) groups excluding carboxylic acids is 1. The number of rotatable bonds is 4. The van der Waals surface area contributed by atoms with Crippen molar-refractivity contribution in [2.24, 2.45) is 0 Å². The summed E-state index contributed by atoms with van der Waals surface area (Å²) >= 11 is 0. The van der Waals surface area contributed by atoms with Crippen LogP contribution in [0, 0.1) is 0 Å². The van der Waals surface area contributed by atoms with E-state index in [-0.39, 0.29) is 17.3 Å². The lowest BCUT2D eigenvalue weighted by atomic mass is 10.2. The second-order valence-corrected chi connectivity index (χ2v) is 7.45. The van der Waals surface area contributed by atoms with E-state index in [1.54, 1.807) is 23.2 Å². The topological polar surface area (TPSA) is 101 Å². The number of pyridine rings is 2. The maximum absolute atomic E-state index is 12.7. The Morgan fingerprint density at radius 3 is 2.80 bits per heavy atom. The molecule has 25 heavy (non-hydrogen) atoms. The van der Waals surface area contributed by atoms with Crippen LogP contribution in [0.5, 0.6) is 0 Å². The number of nitrogens with one attached hydrogen (secondary N) is 1. The van der Waals surface area contributed by atoms with Gasteiger partial charge in [0, 0.05) is 24.0 Å². The first-order chi connectivity index (χ1) is 12.7. The molecule has 2 aromatic rings. The van der Waals surface area contributed by atoms with Gasteiger partial charge in [-0.05, 0) is 31.0 Å². The van der Waals surface area contributed by atoms with Crippen LogP contribution in [0.2, 0.25) is 0 Å². The number of hydrogen-bond acceptors (Lipinski definition) is 7. The molecule has 1 aliphatic heterocycles. The lowest BCUT2D eigenvalue weighted by molar-refractivity contribution is 0.102. The molecule has 1 fully saturated rings. The van der Waals surface area contributed by atoms with Crippen LogP contribution in [0.1, 0.15) is 31.5 Å². The van der Waals surface area contributed by atoms with Gasteiger partial charge in [0.25, 0.3) is 16.0 Å². The second kappa shape index (κ2) is 5.78. The van der Waals surface area contributed by atoms with Gasteiger partial charge in [-0.15, -0.1) is 0 Å². The Hall–Kier alpha value is -2.52. The van der Waals surface area contributed by atoms with Gasteiger partial charge in [0.2, 0.25) is 0 Å². The van der Waals surface area contributed by atoms with E-state index >= 15 is 0 Å². The second-order valence-electron chi connectivity index (χ2n) is 5.88. The minimum Gasteiger partial charge on any atom is -0.318 e. The van der Waals surface area contributed by atoms with Gasteiger partial charge in [0.15, 0.2) is 5.82 Å². The average Bonchev–Trinajstić information content (AvgIpc) is 3.39. The molecule has 0 saturated heterocycles. The highest BCUT2D eigenvalue weighted by molar-refractivity contribution is 7.85. The van der Waals surface area contributed by atoms with E-state index in [0.29, 0.717) is 17.2 Å². The maximum Gasteiger partial charge on any atom is 0.264 e. The fraction of sp³-hybridized carbons (Fsp3) is 0.312. The lowest BCUT2D eigenvalue weighted by Gasteiger charge is -2.24. The monoisotopic (exact) mass is 362 g/mol. The summed E-state index contributed by atoms with van der Waals surface area (Å²) in [6.45, 7) is -2.69. The zero-order valence-corrected chi connectivity index (χ0v) is 14.1. The summed E-state index contributed by atoms with van der Waals surface area (Å²) in [7, 11) is -4.08. The number of anilines is 3. The minimum absolute atomic E-state index is 0.0704. The smallest absolute Gasteiger partial charge is 0.264 e. The van der Waals surface area contributed by atoms with Gasteiger partial charge < -0.3 is 10.2 Å². The summed E-state index contributed by atoms with van der Waals surface area (Å²) in [5, 5.41) is 2.65.